The van der Waals surface area contributed by atoms with Crippen LogP contribution in [0.3, 0.4) is 0 Å². The monoisotopic (exact) mass is 247 g/mol. The van der Waals surface area contributed by atoms with Crippen LogP contribution < -0.4 is 4.74 Å². The third-order valence-electron chi connectivity index (χ3n) is 2.73. The summed E-state index contributed by atoms with van der Waals surface area (Å²) in [6.45, 7) is 5.88. The van der Waals surface area contributed by atoms with Crippen LogP contribution in [-0.2, 0) is 0 Å². The molecule has 0 saturated carbocycles. The number of aromatic carboxylic acids is 1. The second-order valence-corrected chi connectivity index (χ2v) is 4.88. The average molecular weight is 247 g/mol. The predicted octanol–water partition coefficient (Wildman–Crippen LogP) is 3.01. The van der Waals surface area contributed by atoms with Crippen molar-refractivity contribution in [2.75, 3.05) is 6.61 Å². The molecule has 0 unspecified atom stereocenters. The summed E-state index contributed by atoms with van der Waals surface area (Å²) in [4.78, 5) is 10.8. The fourth-order valence-electron chi connectivity index (χ4n) is 1.45. The number of nitrogens with zero attached hydrogens (tertiary/aromatic N) is 1. The first-order chi connectivity index (χ1) is 8.35. The number of nitriles is 1. The molecular weight excluding hydrogens is 230 g/mol. The Morgan fingerprint density at radius 2 is 2.17 bits per heavy atom. The molecule has 0 aliphatic rings. The summed E-state index contributed by atoms with van der Waals surface area (Å²) in [6.07, 6.45) is 0.628. The molecule has 96 valence electrons. The second-order valence-electron chi connectivity index (χ2n) is 4.88. The first-order valence-electron chi connectivity index (χ1n) is 5.74. The lowest BCUT2D eigenvalue weighted by atomic mass is 9.92. The maximum absolute atomic E-state index is 10.8. The first kappa shape index (κ1) is 14.0. The molecule has 0 spiro atoms. The number of hydrogen-bond acceptors (Lipinski definition) is 3. The summed E-state index contributed by atoms with van der Waals surface area (Å²) in [5.74, 6) is -0.309. The molecule has 0 aromatic heterocycles. The van der Waals surface area contributed by atoms with Crippen molar-refractivity contribution >= 4 is 5.97 Å². The summed E-state index contributed by atoms with van der Waals surface area (Å²) >= 11 is 0. The molecule has 1 rings (SSSR count). The summed E-state index contributed by atoms with van der Waals surface area (Å²) in [5.41, 5.74) is 0.537. The Balaban J connectivity index is 2.63. The third kappa shape index (κ3) is 3.77. The number of carboxylic acid groups (broad SMARTS) is 1. The minimum absolute atomic E-state index is 0.278. The maximum Gasteiger partial charge on any atom is 0.335 e. The average Bonchev–Trinajstić information content (AvgIpc) is 2.28. The van der Waals surface area contributed by atoms with Gasteiger partial charge in [0.2, 0.25) is 0 Å². The topological polar surface area (TPSA) is 70.3 Å². The van der Waals surface area contributed by atoms with Crippen LogP contribution in [0.25, 0.3) is 0 Å². The Morgan fingerprint density at radius 3 is 2.67 bits per heavy atom. The van der Waals surface area contributed by atoms with Gasteiger partial charge in [-0.2, -0.15) is 5.26 Å². The Labute approximate surface area is 107 Å². The van der Waals surface area contributed by atoms with Gasteiger partial charge in [-0.1, -0.05) is 0 Å². The number of carboxylic acids is 1. The molecule has 0 fully saturated rings. The van der Waals surface area contributed by atoms with Gasteiger partial charge in [0.15, 0.2) is 0 Å². The summed E-state index contributed by atoms with van der Waals surface area (Å²) in [6, 6.07) is 7.07. The van der Waals surface area contributed by atoms with E-state index in [4.69, 9.17) is 15.1 Å². The van der Waals surface area contributed by atoms with E-state index < -0.39 is 11.4 Å². The molecule has 4 nitrogen and oxygen atoms in total. The van der Waals surface area contributed by atoms with Gasteiger partial charge in [0, 0.05) is 0 Å². The highest BCUT2D eigenvalue weighted by Gasteiger charge is 2.16. The van der Waals surface area contributed by atoms with Gasteiger partial charge in [-0.25, -0.2) is 4.79 Å². The predicted molar refractivity (Wildman–Crippen MR) is 67.6 cm³/mol. The van der Waals surface area contributed by atoms with Crippen molar-refractivity contribution in [3.05, 3.63) is 29.3 Å². The largest absolute Gasteiger partial charge is 0.494 e. The van der Waals surface area contributed by atoms with Gasteiger partial charge in [-0.05, 0) is 51.0 Å². The standard InChI is InChI=1S/C14H17NO3/c1-10-8-11(4-5-12(10)13(16)17)18-7-6-14(2,3)9-15/h4-5,8H,6-7H2,1-3H3,(H,16,17). The fourth-order valence-corrected chi connectivity index (χ4v) is 1.45. The van der Waals surface area contributed by atoms with E-state index in [1.807, 2.05) is 13.8 Å². The molecule has 0 saturated heterocycles. The smallest absolute Gasteiger partial charge is 0.335 e. The SMILES string of the molecule is Cc1cc(OCCC(C)(C)C#N)ccc1C(=O)O. The molecule has 0 aliphatic heterocycles. The van der Waals surface area contributed by atoms with E-state index >= 15 is 0 Å². The minimum atomic E-state index is -0.940. The number of carbonyl (C=O) groups is 1. The van der Waals surface area contributed by atoms with Crippen LogP contribution in [0.5, 0.6) is 5.75 Å². The van der Waals surface area contributed by atoms with Gasteiger partial charge < -0.3 is 9.84 Å². The first-order valence-corrected chi connectivity index (χ1v) is 5.74. The normalized spacial score (nSPS) is 10.8. The van der Waals surface area contributed by atoms with Gasteiger partial charge in [0.05, 0.1) is 23.7 Å². The van der Waals surface area contributed by atoms with Gasteiger partial charge >= 0.3 is 5.97 Å². The Morgan fingerprint density at radius 1 is 1.50 bits per heavy atom. The zero-order valence-electron chi connectivity index (χ0n) is 10.9. The van der Waals surface area contributed by atoms with Crippen LogP contribution in [0.4, 0.5) is 0 Å². The lowest BCUT2D eigenvalue weighted by molar-refractivity contribution is 0.0696. The molecular formula is C14H17NO3. The third-order valence-corrected chi connectivity index (χ3v) is 2.73. The molecule has 0 amide bonds. The van der Waals surface area contributed by atoms with E-state index in [-0.39, 0.29) is 5.56 Å². The van der Waals surface area contributed by atoms with Crippen molar-refractivity contribution < 1.29 is 14.6 Å². The zero-order chi connectivity index (χ0) is 13.8. The van der Waals surface area contributed by atoms with E-state index in [2.05, 4.69) is 6.07 Å². The number of aryl methyl sites for hydroxylation is 1. The van der Waals surface area contributed by atoms with Gasteiger partial charge in [-0.3, -0.25) is 0 Å². The Bertz CT molecular complexity index is 486. The highest BCUT2D eigenvalue weighted by atomic mass is 16.5. The molecule has 18 heavy (non-hydrogen) atoms. The molecule has 1 N–H and O–H groups in total. The lowest BCUT2D eigenvalue weighted by Crippen LogP contribution is -2.13. The van der Waals surface area contributed by atoms with Crippen LogP contribution >= 0.6 is 0 Å². The quantitative estimate of drug-likeness (QED) is 0.868. The van der Waals surface area contributed by atoms with Crippen LogP contribution in [0.2, 0.25) is 0 Å². The number of benzene rings is 1. The second kappa shape index (κ2) is 5.54. The Kier molecular flexibility index (Phi) is 4.33. The van der Waals surface area contributed by atoms with Crippen LogP contribution in [0.1, 0.15) is 36.2 Å². The minimum Gasteiger partial charge on any atom is -0.494 e. The Hall–Kier alpha value is -2.02. The molecule has 0 bridgehead atoms. The van der Waals surface area contributed by atoms with Crippen molar-refractivity contribution in [2.24, 2.45) is 5.41 Å². The van der Waals surface area contributed by atoms with E-state index in [0.29, 0.717) is 24.3 Å². The lowest BCUT2D eigenvalue weighted by Gasteiger charge is -2.15. The number of rotatable bonds is 5. The number of ether oxygens (including phenoxy) is 1. The van der Waals surface area contributed by atoms with Crippen LogP contribution in [-0.4, -0.2) is 17.7 Å². The van der Waals surface area contributed by atoms with Gasteiger partial charge in [-0.15, -0.1) is 0 Å². The van der Waals surface area contributed by atoms with E-state index in [0.717, 1.165) is 0 Å². The van der Waals surface area contributed by atoms with Crippen LogP contribution in [0.15, 0.2) is 18.2 Å². The molecule has 0 aliphatic carbocycles. The van der Waals surface area contributed by atoms with Gasteiger partial charge in [0.1, 0.15) is 5.75 Å². The van der Waals surface area contributed by atoms with Crippen molar-refractivity contribution in [3.8, 4) is 11.8 Å². The molecule has 0 atom stereocenters. The molecule has 0 heterocycles. The summed E-state index contributed by atoms with van der Waals surface area (Å²) in [7, 11) is 0. The van der Waals surface area contributed by atoms with Gasteiger partial charge in [0.25, 0.3) is 0 Å². The summed E-state index contributed by atoms with van der Waals surface area (Å²) < 4.78 is 5.52. The summed E-state index contributed by atoms with van der Waals surface area (Å²) in [5, 5.41) is 17.8. The van der Waals surface area contributed by atoms with Crippen molar-refractivity contribution in [3.63, 3.8) is 0 Å². The zero-order valence-corrected chi connectivity index (χ0v) is 10.9. The van der Waals surface area contributed by atoms with Crippen LogP contribution in [0, 0.1) is 23.7 Å². The van der Waals surface area contributed by atoms with Crippen molar-refractivity contribution in [1.82, 2.24) is 0 Å². The molecule has 0 radical (unpaired) electrons. The maximum atomic E-state index is 10.8. The molecule has 1 aromatic carbocycles. The van der Waals surface area contributed by atoms with Crippen molar-refractivity contribution in [1.29, 1.82) is 5.26 Å². The van der Waals surface area contributed by atoms with Crippen molar-refractivity contribution in [2.45, 2.75) is 27.2 Å². The molecule has 4 heteroatoms. The molecule has 1 aromatic rings. The number of hydrogen-bond donors (Lipinski definition) is 1. The van der Waals surface area contributed by atoms with E-state index in [9.17, 15) is 4.79 Å². The highest BCUT2D eigenvalue weighted by molar-refractivity contribution is 5.89. The fraction of sp³-hybridized carbons (Fsp3) is 0.429. The highest BCUT2D eigenvalue weighted by Crippen LogP contribution is 2.21. The van der Waals surface area contributed by atoms with E-state index in [1.54, 1.807) is 19.1 Å². The van der Waals surface area contributed by atoms with E-state index in [1.165, 1.54) is 6.07 Å².